The molecule has 3 heterocycles. The molecule has 3 aromatic rings. The van der Waals surface area contributed by atoms with E-state index in [9.17, 15) is 18.3 Å². The molecular weight excluding hydrogens is 526 g/mol. The number of para-hydroxylation sites is 2. The molecule has 0 amide bonds. The van der Waals surface area contributed by atoms with E-state index in [1.54, 1.807) is 30.3 Å². The summed E-state index contributed by atoms with van der Waals surface area (Å²) in [6, 6.07) is 12.4. The number of benzene rings is 1. The van der Waals surface area contributed by atoms with E-state index in [-0.39, 0.29) is 39.6 Å². The van der Waals surface area contributed by atoms with E-state index in [0.29, 0.717) is 5.75 Å². The maximum atomic E-state index is 13.8. The zero-order chi connectivity index (χ0) is 28.2. The SMILES string of the molecule is COC1=C(Oc2ccccc2OC)C(NS(=O)(=O)c2ccc(C(C)C)cn2)(c2ccnc(C(=O)O)c2)N=CN1. The van der Waals surface area contributed by atoms with Gasteiger partial charge in [-0.25, -0.2) is 28.2 Å². The second kappa shape index (κ2) is 11.1. The van der Waals surface area contributed by atoms with Crippen LogP contribution in [0.2, 0.25) is 0 Å². The second-order valence-electron chi connectivity index (χ2n) is 8.65. The fourth-order valence-electron chi connectivity index (χ4n) is 3.81. The lowest BCUT2D eigenvalue weighted by Gasteiger charge is -2.35. The molecule has 1 aromatic carbocycles. The van der Waals surface area contributed by atoms with Gasteiger partial charge in [-0.05, 0) is 41.8 Å². The average molecular weight is 554 g/mol. The topological polar surface area (TPSA) is 161 Å². The molecule has 12 nitrogen and oxygen atoms in total. The molecule has 0 radical (unpaired) electrons. The smallest absolute Gasteiger partial charge is 0.354 e. The Balaban J connectivity index is 1.93. The predicted molar refractivity (Wildman–Crippen MR) is 141 cm³/mol. The van der Waals surface area contributed by atoms with Crippen LogP contribution < -0.4 is 19.5 Å². The molecule has 0 fully saturated rings. The zero-order valence-corrected chi connectivity index (χ0v) is 22.4. The minimum absolute atomic E-state index is 0.00964. The number of hydrogen-bond acceptors (Lipinski definition) is 10. The number of hydrogen-bond donors (Lipinski definition) is 3. The maximum Gasteiger partial charge on any atom is 0.354 e. The number of aromatic carboxylic acids is 1. The lowest BCUT2D eigenvalue weighted by molar-refractivity contribution is 0.0690. The fraction of sp³-hybridized carbons (Fsp3) is 0.231. The monoisotopic (exact) mass is 553 g/mol. The summed E-state index contributed by atoms with van der Waals surface area (Å²) in [6.45, 7) is 3.92. The second-order valence-corrected chi connectivity index (χ2v) is 10.3. The van der Waals surface area contributed by atoms with Gasteiger partial charge in [-0.1, -0.05) is 32.0 Å². The number of aromatic nitrogens is 2. The average Bonchev–Trinajstić information content (AvgIpc) is 2.94. The summed E-state index contributed by atoms with van der Waals surface area (Å²) in [5.74, 6) is -0.737. The highest BCUT2D eigenvalue weighted by atomic mass is 32.2. The van der Waals surface area contributed by atoms with Crippen LogP contribution in [0.15, 0.2) is 82.6 Å². The van der Waals surface area contributed by atoms with Crippen molar-refractivity contribution in [2.75, 3.05) is 14.2 Å². The first-order valence-corrected chi connectivity index (χ1v) is 13.2. The summed E-state index contributed by atoms with van der Waals surface area (Å²) in [5.41, 5.74) is -1.43. The van der Waals surface area contributed by atoms with Crippen LogP contribution in [0.5, 0.6) is 11.5 Å². The molecule has 204 valence electrons. The number of carbonyl (C=O) groups is 1. The van der Waals surface area contributed by atoms with Crippen LogP contribution in [0.4, 0.5) is 0 Å². The molecule has 0 aliphatic carbocycles. The van der Waals surface area contributed by atoms with Crippen LogP contribution >= 0.6 is 0 Å². The number of nitrogens with one attached hydrogen (secondary N) is 2. The van der Waals surface area contributed by atoms with Crippen molar-refractivity contribution in [2.45, 2.75) is 30.5 Å². The number of methoxy groups -OCH3 is 2. The van der Waals surface area contributed by atoms with Crippen molar-refractivity contribution in [3.05, 3.63) is 89.4 Å². The lowest BCUT2D eigenvalue weighted by atomic mass is 9.97. The van der Waals surface area contributed by atoms with Gasteiger partial charge in [0.25, 0.3) is 10.0 Å². The van der Waals surface area contributed by atoms with Crippen molar-refractivity contribution in [1.29, 1.82) is 0 Å². The highest BCUT2D eigenvalue weighted by Gasteiger charge is 2.47. The molecule has 0 saturated heterocycles. The van der Waals surface area contributed by atoms with Crippen molar-refractivity contribution in [3.63, 3.8) is 0 Å². The van der Waals surface area contributed by atoms with Crippen molar-refractivity contribution in [2.24, 2.45) is 4.99 Å². The van der Waals surface area contributed by atoms with Gasteiger partial charge in [-0.2, -0.15) is 4.72 Å². The van der Waals surface area contributed by atoms with Crippen LogP contribution in [-0.2, 0) is 20.4 Å². The van der Waals surface area contributed by atoms with Gasteiger partial charge in [0.15, 0.2) is 16.5 Å². The van der Waals surface area contributed by atoms with Gasteiger partial charge in [-0.15, -0.1) is 0 Å². The molecule has 0 spiro atoms. The summed E-state index contributed by atoms with van der Waals surface area (Å²) in [4.78, 5) is 24.2. The summed E-state index contributed by atoms with van der Waals surface area (Å²) in [5, 5.41) is 12.1. The first-order valence-electron chi connectivity index (χ1n) is 11.7. The minimum Gasteiger partial charge on any atom is -0.493 e. The van der Waals surface area contributed by atoms with Crippen LogP contribution in [0.3, 0.4) is 0 Å². The Morgan fingerprint density at radius 3 is 2.41 bits per heavy atom. The van der Waals surface area contributed by atoms with Crippen molar-refractivity contribution in [1.82, 2.24) is 20.0 Å². The third kappa shape index (κ3) is 5.54. The van der Waals surface area contributed by atoms with Crippen LogP contribution in [-0.4, -0.2) is 50.0 Å². The highest BCUT2D eigenvalue weighted by molar-refractivity contribution is 7.89. The molecule has 1 atom stereocenters. The van der Waals surface area contributed by atoms with E-state index >= 15 is 0 Å². The summed E-state index contributed by atoms with van der Waals surface area (Å²) >= 11 is 0. The molecule has 1 aliphatic rings. The predicted octanol–water partition coefficient (Wildman–Crippen LogP) is 2.96. The Kier molecular flexibility index (Phi) is 7.83. The first-order chi connectivity index (χ1) is 18.6. The molecule has 1 unspecified atom stereocenters. The first kappa shape index (κ1) is 27.5. The number of ether oxygens (including phenoxy) is 3. The Morgan fingerprint density at radius 1 is 1.05 bits per heavy atom. The number of carboxylic acid groups (broad SMARTS) is 1. The van der Waals surface area contributed by atoms with E-state index in [1.165, 1.54) is 51.2 Å². The molecule has 3 N–H and O–H groups in total. The minimum atomic E-state index is -4.39. The Hall–Kier alpha value is -4.49. The highest BCUT2D eigenvalue weighted by Crippen LogP contribution is 2.40. The summed E-state index contributed by atoms with van der Waals surface area (Å²) < 4.78 is 47.2. The van der Waals surface area contributed by atoms with E-state index in [4.69, 9.17) is 14.2 Å². The molecule has 1 aliphatic heterocycles. The lowest BCUT2D eigenvalue weighted by Crippen LogP contribution is -2.51. The molecule has 0 bridgehead atoms. The van der Waals surface area contributed by atoms with E-state index in [0.717, 1.165) is 5.56 Å². The Labute approximate surface area is 225 Å². The fourth-order valence-corrected chi connectivity index (χ4v) is 5.01. The molecule has 4 rings (SSSR count). The third-order valence-corrected chi connectivity index (χ3v) is 7.21. The molecule has 0 saturated carbocycles. The van der Waals surface area contributed by atoms with E-state index < -0.39 is 21.7 Å². The number of pyridine rings is 2. The summed E-state index contributed by atoms with van der Waals surface area (Å²) in [7, 11) is -1.58. The number of rotatable bonds is 10. The maximum absolute atomic E-state index is 13.8. The Bertz CT molecular complexity index is 1540. The van der Waals surface area contributed by atoms with Crippen LogP contribution in [0.25, 0.3) is 0 Å². The van der Waals surface area contributed by atoms with Gasteiger partial charge in [-0.3, -0.25) is 0 Å². The van der Waals surface area contributed by atoms with Gasteiger partial charge in [0, 0.05) is 18.0 Å². The van der Waals surface area contributed by atoms with Gasteiger partial charge < -0.3 is 24.6 Å². The molecular formula is C26H27N5O7S. The number of aliphatic imine (C=N–C) groups is 1. The largest absolute Gasteiger partial charge is 0.493 e. The van der Waals surface area contributed by atoms with Crippen molar-refractivity contribution < 1.29 is 32.5 Å². The van der Waals surface area contributed by atoms with Crippen LogP contribution in [0, 0.1) is 0 Å². The van der Waals surface area contributed by atoms with Gasteiger partial charge in [0.2, 0.25) is 17.3 Å². The summed E-state index contributed by atoms with van der Waals surface area (Å²) in [6.07, 6.45) is 3.93. The van der Waals surface area contributed by atoms with E-state index in [2.05, 4.69) is 25.0 Å². The standard InChI is InChI=1S/C26H27N5O7S/c1-16(2)17-9-10-22(28-14-17)39(34,35)31-26(18-11-12-27-19(13-18)25(32)33)23(24(37-4)29-15-30-26)38-21-8-6-5-7-20(21)36-3/h5-16,31H,1-4H3,(H,29,30)(H,32,33). The van der Waals surface area contributed by atoms with E-state index in [1.807, 2.05) is 13.8 Å². The number of sulfonamides is 1. The zero-order valence-electron chi connectivity index (χ0n) is 21.6. The third-order valence-electron chi connectivity index (χ3n) is 5.85. The number of carboxylic acids is 1. The van der Waals surface area contributed by atoms with Crippen molar-refractivity contribution in [3.8, 4) is 11.5 Å². The molecule has 2 aromatic heterocycles. The van der Waals surface area contributed by atoms with Crippen LogP contribution in [0.1, 0.15) is 41.4 Å². The quantitative estimate of drug-likeness (QED) is 0.340. The van der Waals surface area contributed by atoms with Gasteiger partial charge in [0.1, 0.15) is 5.69 Å². The molecule has 39 heavy (non-hydrogen) atoms. The van der Waals surface area contributed by atoms with Gasteiger partial charge in [0.05, 0.1) is 20.6 Å². The molecule has 13 heteroatoms. The van der Waals surface area contributed by atoms with Gasteiger partial charge >= 0.3 is 5.97 Å². The Morgan fingerprint density at radius 2 is 1.79 bits per heavy atom. The van der Waals surface area contributed by atoms with Crippen molar-refractivity contribution >= 4 is 22.3 Å². The normalized spacial score (nSPS) is 17.1. The number of nitrogens with zero attached hydrogens (tertiary/aromatic N) is 3.